The minimum absolute atomic E-state index is 0.257. The number of ether oxygens (including phenoxy) is 1. The highest BCUT2D eigenvalue weighted by atomic mass is 19.4. The Kier molecular flexibility index (Phi) is 4.70. The van der Waals surface area contributed by atoms with E-state index in [2.05, 4.69) is 15.0 Å². The quantitative estimate of drug-likeness (QED) is 0.852. The van der Waals surface area contributed by atoms with Crippen molar-refractivity contribution in [3.05, 3.63) is 29.6 Å². The van der Waals surface area contributed by atoms with E-state index in [0.717, 1.165) is 44.5 Å². The number of nitrogens with two attached hydrogens (primary N) is 1. The molecule has 2 aromatic rings. The Bertz CT molecular complexity index is 861. The summed E-state index contributed by atoms with van der Waals surface area (Å²) in [4.78, 5) is 7.89. The highest BCUT2D eigenvalue weighted by Gasteiger charge is 2.36. The first kappa shape index (κ1) is 19.0. The van der Waals surface area contributed by atoms with Crippen molar-refractivity contribution in [2.75, 3.05) is 51.1 Å². The zero-order chi connectivity index (χ0) is 20.1. The lowest BCUT2D eigenvalue weighted by Crippen LogP contribution is -2.47. The molecule has 0 radical (unpaired) electrons. The summed E-state index contributed by atoms with van der Waals surface area (Å²) >= 11 is 0. The lowest BCUT2D eigenvalue weighted by atomic mass is 10.0. The first-order chi connectivity index (χ1) is 13.2. The molecular weight excluding hydrogens is 373 g/mol. The summed E-state index contributed by atoms with van der Waals surface area (Å²) in [6, 6.07) is 3.34. The largest absolute Gasteiger partial charge is 0.419 e. The standard InChI is InChI=1S/C18H23F3N6O/c1-25(2)27-16(11-3-4-26(8-11)13-9-28-10-13)6-15(24-27)12-5-14(18(19,20)21)17(22)23-7-12/h5-7,11,13H,3-4,8-10H2,1-2H3,(H2,22,23). The summed E-state index contributed by atoms with van der Waals surface area (Å²) in [5.41, 5.74) is 6.20. The van der Waals surface area contributed by atoms with Crippen LogP contribution in [0.1, 0.15) is 23.6 Å². The molecule has 2 aliphatic rings. The molecule has 1 unspecified atom stereocenters. The molecule has 2 aromatic heterocycles. The van der Waals surface area contributed by atoms with Gasteiger partial charge < -0.3 is 15.5 Å². The van der Waals surface area contributed by atoms with Crippen LogP contribution in [0, 0.1) is 0 Å². The van der Waals surface area contributed by atoms with Crippen LogP contribution in [0.2, 0.25) is 0 Å². The Balaban J connectivity index is 1.66. The van der Waals surface area contributed by atoms with Gasteiger partial charge in [-0.25, -0.2) is 4.98 Å². The number of rotatable bonds is 4. The molecule has 0 bridgehead atoms. The van der Waals surface area contributed by atoms with Crippen molar-refractivity contribution >= 4 is 5.82 Å². The Morgan fingerprint density at radius 1 is 1.25 bits per heavy atom. The van der Waals surface area contributed by atoms with Gasteiger partial charge in [0, 0.05) is 38.3 Å². The van der Waals surface area contributed by atoms with Crippen molar-refractivity contribution in [3.63, 3.8) is 0 Å². The van der Waals surface area contributed by atoms with Crippen LogP contribution in [0.3, 0.4) is 0 Å². The van der Waals surface area contributed by atoms with Crippen LogP contribution in [-0.4, -0.2) is 66.2 Å². The monoisotopic (exact) mass is 396 g/mol. The topological polar surface area (TPSA) is 72.4 Å². The number of pyridine rings is 1. The van der Waals surface area contributed by atoms with E-state index in [1.807, 2.05) is 25.2 Å². The first-order valence-electron chi connectivity index (χ1n) is 9.16. The van der Waals surface area contributed by atoms with Crippen LogP contribution in [-0.2, 0) is 10.9 Å². The molecule has 2 fully saturated rings. The van der Waals surface area contributed by atoms with Gasteiger partial charge in [0.05, 0.1) is 36.2 Å². The van der Waals surface area contributed by atoms with Crippen molar-refractivity contribution in [2.45, 2.75) is 24.6 Å². The van der Waals surface area contributed by atoms with Gasteiger partial charge in [-0.3, -0.25) is 4.90 Å². The van der Waals surface area contributed by atoms with E-state index in [-0.39, 0.29) is 5.92 Å². The maximum Gasteiger partial charge on any atom is 0.419 e. The van der Waals surface area contributed by atoms with Crippen molar-refractivity contribution < 1.29 is 17.9 Å². The molecule has 2 aliphatic heterocycles. The van der Waals surface area contributed by atoms with Gasteiger partial charge in [0.1, 0.15) is 5.82 Å². The highest BCUT2D eigenvalue weighted by Crippen LogP contribution is 2.36. The number of halogens is 3. The van der Waals surface area contributed by atoms with Crippen LogP contribution in [0.5, 0.6) is 0 Å². The predicted octanol–water partition coefficient (Wildman–Crippen LogP) is 1.93. The maximum atomic E-state index is 13.2. The number of likely N-dealkylation sites (tertiary alicyclic amines) is 1. The average Bonchev–Trinajstić information content (AvgIpc) is 3.19. The Morgan fingerprint density at radius 2 is 2.00 bits per heavy atom. The van der Waals surface area contributed by atoms with Crippen LogP contribution in [0.25, 0.3) is 11.3 Å². The molecule has 0 aromatic carbocycles. The summed E-state index contributed by atoms with van der Waals surface area (Å²) in [6.07, 6.45) is -2.25. The average molecular weight is 396 g/mol. The summed E-state index contributed by atoms with van der Waals surface area (Å²) < 4.78 is 44.9. The number of nitrogen functional groups attached to an aromatic ring is 1. The molecule has 2 N–H and O–H groups in total. The predicted molar refractivity (Wildman–Crippen MR) is 98.5 cm³/mol. The van der Waals surface area contributed by atoms with Gasteiger partial charge in [0.2, 0.25) is 0 Å². The Morgan fingerprint density at radius 3 is 2.61 bits per heavy atom. The first-order valence-corrected chi connectivity index (χ1v) is 9.16. The van der Waals surface area contributed by atoms with E-state index in [4.69, 9.17) is 10.5 Å². The third-order valence-corrected chi connectivity index (χ3v) is 5.39. The number of alkyl halides is 3. The number of hydrogen-bond acceptors (Lipinski definition) is 6. The fourth-order valence-electron chi connectivity index (χ4n) is 3.77. The van der Waals surface area contributed by atoms with Crippen molar-refractivity contribution in [1.29, 1.82) is 0 Å². The van der Waals surface area contributed by atoms with Crippen LogP contribution >= 0.6 is 0 Å². The van der Waals surface area contributed by atoms with Gasteiger partial charge in [0.15, 0.2) is 0 Å². The molecule has 10 heteroatoms. The molecule has 2 saturated heterocycles. The molecule has 0 spiro atoms. The van der Waals surface area contributed by atoms with Crippen LogP contribution in [0.4, 0.5) is 19.0 Å². The van der Waals surface area contributed by atoms with Crippen molar-refractivity contribution in [3.8, 4) is 11.3 Å². The summed E-state index contributed by atoms with van der Waals surface area (Å²) in [6.45, 7) is 3.40. The molecule has 7 nitrogen and oxygen atoms in total. The number of aromatic nitrogens is 3. The van der Waals surface area contributed by atoms with E-state index in [1.165, 1.54) is 6.20 Å². The Hall–Kier alpha value is -2.33. The molecule has 152 valence electrons. The van der Waals surface area contributed by atoms with Gasteiger partial charge >= 0.3 is 6.18 Å². The van der Waals surface area contributed by atoms with Crippen molar-refractivity contribution in [1.82, 2.24) is 19.8 Å². The van der Waals surface area contributed by atoms with Gasteiger partial charge in [-0.1, -0.05) is 0 Å². The van der Waals surface area contributed by atoms with E-state index in [1.54, 1.807) is 4.79 Å². The highest BCUT2D eigenvalue weighted by molar-refractivity contribution is 5.63. The molecule has 28 heavy (non-hydrogen) atoms. The zero-order valence-electron chi connectivity index (χ0n) is 15.8. The van der Waals surface area contributed by atoms with Gasteiger partial charge in [-0.15, -0.1) is 0 Å². The van der Waals surface area contributed by atoms with Gasteiger partial charge in [-0.05, 0) is 25.1 Å². The minimum atomic E-state index is -4.56. The zero-order valence-corrected chi connectivity index (χ0v) is 15.8. The fraction of sp³-hybridized carbons (Fsp3) is 0.556. The number of nitrogens with zero attached hydrogens (tertiary/aromatic N) is 5. The van der Waals surface area contributed by atoms with Crippen molar-refractivity contribution in [2.24, 2.45) is 0 Å². The molecule has 1 atom stereocenters. The van der Waals surface area contributed by atoms with Gasteiger partial charge in [0.25, 0.3) is 0 Å². The SMILES string of the molecule is CN(C)n1nc(-c2cnc(N)c(C(F)(F)F)c2)cc1C1CCN(C2COC2)C1. The second-order valence-corrected chi connectivity index (χ2v) is 7.52. The second-order valence-electron chi connectivity index (χ2n) is 7.52. The second kappa shape index (κ2) is 6.93. The smallest absolute Gasteiger partial charge is 0.383 e. The normalized spacial score (nSPS) is 21.1. The number of anilines is 1. The molecule has 0 aliphatic carbocycles. The summed E-state index contributed by atoms with van der Waals surface area (Å²) in [7, 11) is 3.71. The molecule has 0 saturated carbocycles. The third-order valence-electron chi connectivity index (χ3n) is 5.39. The Labute approximate surface area is 160 Å². The third kappa shape index (κ3) is 3.42. The maximum absolute atomic E-state index is 13.2. The van der Waals surface area contributed by atoms with E-state index in [0.29, 0.717) is 17.3 Å². The van der Waals surface area contributed by atoms with E-state index in [9.17, 15) is 13.2 Å². The van der Waals surface area contributed by atoms with Gasteiger partial charge in [-0.2, -0.15) is 23.1 Å². The fourth-order valence-corrected chi connectivity index (χ4v) is 3.77. The lowest BCUT2D eigenvalue weighted by Gasteiger charge is -2.34. The summed E-state index contributed by atoms with van der Waals surface area (Å²) in [5.74, 6) is -0.272. The molecule has 4 rings (SSSR count). The molecule has 4 heterocycles. The minimum Gasteiger partial charge on any atom is -0.383 e. The lowest BCUT2D eigenvalue weighted by molar-refractivity contribution is -0.137. The number of hydrogen-bond donors (Lipinski definition) is 1. The van der Waals surface area contributed by atoms with Crippen LogP contribution in [0.15, 0.2) is 18.3 Å². The molecule has 0 amide bonds. The van der Waals surface area contributed by atoms with Crippen LogP contribution < -0.4 is 10.7 Å². The molecular formula is C18H23F3N6O. The van der Waals surface area contributed by atoms with E-state index < -0.39 is 17.6 Å². The summed E-state index contributed by atoms with van der Waals surface area (Å²) in [5, 5.41) is 6.36. The van der Waals surface area contributed by atoms with E-state index >= 15 is 0 Å².